The molecule has 14 nitrogen and oxygen atoms in total. The van der Waals surface area contributed by atoms with Gasteiger partial charge in [-0.2, -0.15) is 0 Å². The summed E-state index contributed by atoms with van der Waals surface area (Å²) in [5.74, 6) is 1.74. The molecule has 0 radical (unpaired) electrons. The van der Waals surface area contributed by atoms with Crippen LogP contribution >= 0.6 is 0 Å². The summed E-state index contributed by atoms with van der Waals surface area (Å²) in [6.45, 7) is 13.6. The van der Waals surface area contributed by atoms with Crippen molar-refractivity contribution >= 4 is 34.8 Å². The Labute approximate surface area is 425 Å². The number of alkyl carbamates (subject to hydrolysis) is 1. The summed E-state index contributed by atoms with van der Waals surface area (Å²) in [5, 5.41) is 23.3. The third kappa shape index (κ3) is 10.5. The number of carbonyl (C=O) groups is 3. The lowest BCUT2D eigenvalue weighted by molar-refractivity contribution is -0.146. The Morgan fingerprint density at radius 3 is 2.25 bits per heavy atom. The van der Waals surface area contributed by atoms with Crippen LogP contribution in [0.2, 0.25) is 0 Å². The predicted octanol–water partition coefficient (Wildman–Crippen LogP) is 9.04. The van der Waals surface area contributed by atoms with E-state index in [4.69, 9.17) is 14.5 Å². The number of ether oxygens (including phenoxy) is 2. The minimum atomic E-state index is -1.21. The average Bonchev–Trinajstić information content (AvgIpc) is 4.23. The number of aliphatic hydroxyl groups excluding tert-OH is 1. The Hall–Kier alpha value is -5.96. The Bertz CT molecular complexity index is 2630. The number of rotatable bonds is 14. The van der Waals surface area contributed by atoms with Crippen molar-refractivity contribution in [2.45, 2.75) is 136 Å². The molecular formula is C58H76N8O6. The van der Waals surface area contributed by atoms with Crippen molar-refractivity contribution in [1.29, 1.82) is 0 Å². The lowest BCUT2D eigenvalue weighted by atomic mass is 9.71. The first-order chi connectivity index (χ1) is 34.7. The fourth-order valence-corrected chi connectivity index (χ4v) is 12.3. The summed E-state index contributed by atoms with van der Waals surface area (Å²) in [6.07, 6.45) is 20.6. The molecule has 5 unspecified atom stereocenters. The highest BCUT2D eigenvalue weighted by Gasteiger charge is 2.47. The van der Waals surface area contributed by atoms with Crippen LogP contribution in [-0.2, 0) is 19.1 Å². The van der Waals surface area contributed by atoms with Gasteiger partial charge in [-0.1, -0.05) is 113 Å². The number of aromatic amines is 1. The number of hydrogen-bond donors (Lipinski definition) is 6. The van der Waals surface area contributed by atoms with Gasteiger partial charge in [0.05, 0.1) is 42.8 Å². The molecule has 9 aliphatic rings. The molecule has 2 fully saturated rings. The maximum absolute atomic E-state index is 13.9. The molecule has 3 aliphatic heterocycles. The van der Waals surface area contributed by atoms with E-state index in [1.165, 1.54) is 47.6 Å². The molecule has 1 aromatic heterocycles. The molecule has 0 spiro atoms. The first-order valence-corrected chi connectivity index (χ1v) is 26.4. The molecule has 0 saturated carbocycles. The summed E-state index contributed by atoms with van der Waals surface area (Å²) in [5.41, 5.74) is 11.8. The highest BCUT2D eigenvalue weighted by atomic mass is 16.6. The van der Waals surface area contributed by atoms with Crippen molar-refractivity contribution in [1.82, 2.24) is 41.0 Å². The van der Waals surface area contributed by atoms with Crippen LogP contribution in [0.4, 0.5) is 4.79 Å². The van der Waals surface area contributed by atoms with Gasteiger partial charge in [-0.3, -0.25) is 14.9 Å². The zero-order chi connectivity index (χ0) is 50.8. The van der Waals surface area contributed by atoms with Crippen molar-refractivity contribution in [2.24, 2.45) is 29.6 Å². The van der Waals surface area contributed by atoms with E-state index in [2.05, 4.69) is 119 Å². The van der Waals surface area contributed by atoms with Crippen LogP contribution in [0.3, 0.4) is 0 Å². The van der Waals surface area contributed by atoms with Crippen LogP contribution in [0.1, 0.15) is 128 Å². The molecule has 2 saturated heterocycles. The van der Waals surface area contributed by atoms with Gasteiger partial charge in [-0.25, -0.2) is 9.78 Å². The third-order valence-corrected chi connectivity index (χ3v) is 16.4. The van der Waals surface area contributed by atoms with E-state index in [0.29, 0.717) is 30.8 Å². The highest BCUT2D eigenvalue weighted by molar-refractivity contribution is 5.87. The van der Waals surface area contributed by atoms with Crippen molar-refractivity contribution in [3.63, 3.8) is 0 Å². The van der Waals surface area contributed by atoms with Crippen LogP contribution in [0, 0.1) is 29.6 Å². The SMILES string of the molecule is COC(=O)N[C@H](C(=O)N1CCC[C@H]1c1ncc(-c2ccc(C3=CC4=CCC3CCC3C=CC(=C(c5ccc(C6=CNC(C)([C@@H]7CCCN7C(=O)[C@@H](NC(O)OC)C(C)C)N6)cc5)C3C)CC4)cc2)[nH]1)C(C)C. The number of benzene rings is 2. The molecular weight excluding hydrogens is 905 g/mol. The summed E-state index contributed by atoms with van der Waals surface area (Å²) < 4.78 is 9.85. The van der Waals surface area contributed by atoms with E-state index in [0.717, 1.165) is 86.1 Å². The smallest absolute Gasteiger partial charge is 0.407 e. The van der Waals surface area contributed by atoms with Gasteiger partial charge in [-0.15, -0.1) is 0 Å². The Balaban J connectivity index is 0.866. The lowest BCUT2D eigenvalue weighted by Gasteiger charge is -2.41. The van der Waals surface area contributed by atoms with Gasteiger partial charge in [0.15, 0.2) is 0 Å². The Morgan fingerprint density at radius 1 is 0.847 bits per heavy atom. The molecule has 3 amide bonds. The van der Waals surface area contributed by atoms with Crippen LogP contribution < -0.4 is 21.3 Å². The maximum Gasteiger partial charge on any atom is 0.407 e. The van der Waals surface area contributed by atoms with Crippen molar-refractivity contribution in [3.8, 4) is 11.3 Å². The largest absolute Gasteiger partial charge is 0.453 e. The molecule has 72 heavy (non-hydrogen) atoms. The number of methoxy groups -OCH3 is 2. The number of likely N-dealkylation sites (tertiary alicyclic amines) is 2. The topological polar surface area (TPSA) is 173 Å². The fraction of sp³-hybridized carbons (Fsp3) is 0.517. The summed E-state index contributed by atoms with van der Waals surface area (Å²) >= 11 is 0. The second-order valence-electron chi connectivity index (χ2n) is 21.7. The van der Waals surface area contributed by atoms with Crippen LogP contribution in [0.5, 0.6) is 0 Å². The van der Waals surface area contributed by atoms with E-state index >= 15 is 0 Å². The fourth-order valence-electron chi connectivity index (χ4n) is 12.3. The standard InChI is InChI=1S/C58H76N8O6/c1-34(2)51(62-56(69)71-7)54(67)65-29-9-11-48(65)53-59-32-46(61-53)41-22-20-40(21-23-41)45-31-37-13-15-39(45)19-17-38-18-26-43(16-14-37)50(36(38)5)44-27-24-42(25-28-44)47-33-60-58(6,64-47)49-12-10-30-66(49)55(68)52(35(3)4)63-57(70)72-8/h13,18,20-28,31-36,38-39,48-49,51-52,57,60,63-64,70H,9-12,14-17,19,29-30H2,1-8H3,(H,59,61)(H,62,69)/t36?,38?,39?,48-,49-,51-,52-,57?,58?/m0/s1. The highest BCUT2D eigenvalue weighted by Crippen LogP contribution is 2.45. The average molecular weight is 981 g/mol. The van der Waals surface area contributed by atoms with Crippen LogP contribution in [-0.4, -0.2) is 100 Å². The summed E-state index contributed by atoms with van der Waals surface area (Å²) in [7, 11) is 2.73. The number of allylic oxidation sites excluding steroid dienone is 8. The molecule has 4 heterocycles. The molecule has 384 valence electrons. The Morgan fingerprint density at radius 2 is 1.53 bits per heavy atom. The lowest BCUT2D eigenvalue weighted by Crippen LogP contribution is -2.64. The first kappa shape index (κ1) is 51.0. The molecule has 9 atom stereocenters. The number of nitrogens with zero attached hydrogens (tertiary/aromatic N) is 3. The van der Waals surface area contributed by atoms with E-state index in [-0.39, 0.29) is 35.7 Å². The van der Waals surface area contributed by atoms with Crippen molar-refractivity contribution in [2.75, 3.05) is 27.3 Å². The van der Waals surface area contributed by atoms with Crippen molar-refractivity contribution in [3.05, 3.63) is 119 Å². The van der Waals surface area contributed by atoms with Gasteiger partial charge in [0.25, 0.3) is 0 Å². The van der Waals surface area contributed by atoms with E-state index in [1.807, 2.05) is 43.7 Å². The number of amides is 3. The zero-order valence-electron chi connectivity index (χ0n) is 43.5. The summed E-state index contributed by atoms with van der Waals surface area (Å²) in [4.78, 5) is 51.9. The number of nitrogens with one attached hydrogen (secondary N) is 5. The molecule has 6 aliphatic carbocycles. The van der Waals surface area contributed by atoms with Crippen molar-refractivity contribution < 1.29 is 29.0 Å². The van der Waals surface area contributed by atoms with Gasteiger partial charge in [0.1, 0.15) is 17.5 Å². The van der Waals surface area contributed by atoms with Gasteiger partial charge in [0.2, 0.25) is 18.2 Å². The molecule has 2 aromatic carbocycles. The monoisotopic (exact) mass is 981 g/mol. The third-order valence-electron chi connectivity index (χ3n) is 16.4. The van der Waals surface area contributed by atoms with Crippen LogP contribution in [0.25, 0.3) is 28.1 Å². The molecule has 6 N–H and O–H groups in total. The maximum atomic E-state index is 13.9. The zero-order valence-corrected chi connectivity index (χ0v) is 43.5. The number of H-pyrrole nitrogens is 1. The minimum absolute atomic E-state index is 0.0259. The molecule has 3 aromatic rings. The number of aromatic nitrogens is 2. The molecule has 4 bridgehead atoms. The first-order valence-electron chi connectivity index (χ1n) is 26.4. The number of aliphatic hydroxyl groups is 1. The molecule has 14 heteroatoms. The summed E-state index contributed by atoms with van der Waals surface area (Å²) in [6, 6.07) is 16.4. The quantitative estimate of drug-likeness (QED) is 0.0857. The van der Waals surface area contributed by atoms with Gasteiger partial charge in [-0.05, 0) is 133 Å². The van der Waals surface area contributed by atoms with E-state index in [1.54, 1.807) is 0 Å². The Kier molecular flexibility index (Phi) is 15.3. The number of hydrogen-bond acceptors (Lipinski definition) is 10. The van der Waals surface area contributed by atoms with Gasteiger partial charge >= 0.3 is 6.09 Å². The minimum Gasteiger partial charge on any atom is -0.453 e. The van der Waals surface area contributed by atoms with E-state index < -0.39 is 30.3 Å². The van der Waals surface area contributed by atoms with Crippen LogP contribution in [0.15, 0.2) is 96.4 Å². The van der Waals surface area contributed by atoms with E-state index in [9.17, 15) is 19.5 Å². The normalized spacial score (nSPS) is 26.4. The number of imidazole rings is 1. The second kappa shape index (κ2) is 21.6. The van der Waals surface area contributed by atoms with Gasteiger partial charge < -0.3 is 45.3 Å². The van der Waals surface area contributed by atoms with Gasteiger partial charge in [0, 0.05) is 26.4 Å². The second-order valence-corrected chi connectivity index (χ2v) is 21.7. The molecule has 12 rings (SSSR count). The predicted molar refractivity (Wildman–Crippen MR) is 282 cm³/mol. The number of carbonyl (C=O) groups excluding carboxylic acids is 3.